The number of nitro benzene ring substituents is 2. The van der Waals surface area contributed by atoms with Crippen LogP contribution >= 0.6 is 0 Å². The van der Waals surface area contributed by atoms with Gasteiger partial charge in [-0.15, -0.1) is 0 Å². The third-order valence-corrected chi connectivity index (χ3v) is 10.6. The molecule has 2 aliphatic carbocycles. The summed E-state index contributed by atoms with van der Waals surface area (Å²) in [5.74, 6) is -6.46. The van der Waals surface area contributed by atoms with E-state index in [2.05, 4.69) is 0 Å². The summed E-state index contributed by atoms with van der Waals surface area (Å²) in [6, 6.07) is 20.8. The Morgan fingerprint density at radius 3 is 1.71 bits per heavy atom. The minimum atomic E-state index is -0.882. The number of imide groups is 2. The number of phenols is 1. The number of hydrogen-bond acceptors (Lipinski definition) is 9. The number of phenolic OH excluding ortho intramolecular Hbond substituents is 1. The van der Waals surface area contributed by atoms with Crippen molar-refractivity contribution in [3.05, 3.63) is 122 Å². The third kappa shape index (κ3) is 4.38. The fourth-order valence-electron chi connectivity index (χ4n) is 8.47. The normalized spacial score (nSPS) is 26.0. The van der Waals surface area contributed by atoms with Crippen LogP contribution in [0.5, 0.6) is 5.75 Å². The van der Waals surface area contributed by atoms with E-state index < -0.39 is 69.0 Å². The highest BCUT2D eigenvalue weighted by Crippen LogP contribution is 2.59. The van der Waals surface area contributed by atoms with Gasteiger partial charge in [0, 0.05) is 35.6 Å². The first kappa shape index (κ1) is 30.1. The zero-order valence-electron chi connectivity index (χ0n) is 25.5. The number of hydrogen-bond donors (Lipinski definition) is 1. The lowest BCUT2D eigenvalue weighted by atomic mass is 9.57. The quantitative estimate of drug-likeness (QED) is 0.127. The number of fused-ring (bicyclic) bond motifs is 5. The molecule has 4 aromatic rings. The van der Waals surface area contributed by atoms with Crippen molar-refractivity contribution < 1.29 is 34.1 Å². The molecule has 0 unspecified atom stereocenters. The first-order valence-corrected chi connectivity index (χ1v) is 15.7. The molecule has 0 aromatic heterocycles. The fourth-order valence-corrected chi connectivity index (χ4v) is 8.47. The summed E-state index contributed by atoms with van der Waals surface area (Å²) in [5.41, 5.74) is 1.47. The molecule has 2 aliphatic heterocycles. The number of benzene rings is 4. The lowest BCUT2D eigenvalue weighted by Gasteiger charge is -2.44. The molecular formula is C36H26N4O9. The van der Waals surface area contributed by atoms with Gasteiger partial charge in [0.1, 0.15) is 5.75 Å². The summed E-state index contributed by atoms with van der Waals surface area (Å²) in [6.45, 7) is 0. The smallest absolute Gasteiger partial charge is 0.269 e. The summed E-state index contributed by atoms with van der Waals surface area (Å²) in [4.78, 5) is 80.2. The van der Waals surface area contributed by atoms with Gasteiger partial charge in [0.2, 0.25) is 23.6 Å². The Bertz CT molecular complexity index is 2180. The Morgan fingerprint density at radius 1 is 0.612 bits per heavy atom. The second-order valence-corrected chi connectivity index (χ2v) is 12.8. The van der Waals surface area contributed by atoms with Gasteiger partial charge in [0.25, 0.3) is 11.4 Å². The lowest BCUT2D eigenvalue weighted by Crippen LogP contribution is -2.43. The van der Waals surface area contributed by atoms with Crippen molar-refractivity contribution in [1.29, 1.82) is 0 Å². The SMILES string of the molecule is O=C1[C@H]2[C@H](CC=C3[C@H]2C[C@H]2C(=O)N(c4ccc([N+](=O)[O-])cc4)C(=O)[C@H]2[C@H]3c2ccc(O)c3ccccc23)C(=O)N1c1ccc([N+](=O)[O-])cc1. The molecule has 2 saturated heterocycles. The zero-order chi connectivity index (χ0) is 34.3. The largest absolute Gasteiger partial charge is 0.507 e. The Hall–Kier alpha value is -6.24. The van der Waals surface area contributed by atoms with Gasteiger partial charge in [0.15, 0.2) is 0 Å². The van der Waals surface area contributed by atoms with Gasteiger partial charge in [-0.05, 0) is 60.0 Å². The van der Waals surface area contributed by atoms with Gasteiger partial charge in [-0.3, -0.25) is 49.2 Å². The van der Waals surface area contributed by atoms with Crippen molar-refractivity contribution in [2.75, 3.05) is 9.80 Å². The highest BCUT2D eigenvalue weighted by molar-refractivity contribution is 6.24. The first-order valence-electron chi connectivity index (χ1n) is 15.7. The number of non-ortho nitro benzene ring substituents is 2. The molecule has 6 atom stereocenters. The molecule has 4 aliphatic rings. The molecule has 0 spiro atoms. The number of rotatable bonds is 5. The van der Waals surface area contributed by atoms with Crippen molar-refractivity contribution in [2.24, 2.45) is 29.6 Å². The number of anilines is 2. The number of carbonyl (C=O) groups excluding carboxylic acids is 4. The highest BCUT2D eigenvalue weighted by atomic mass is 16.6. The predicted octanol–water partition coefficient (Wildman–Crippen LogP) is 5.41. The maximum Gasteiger partial charge on any atom is 0.269 e. The van der Waals surface area contributed by atoms with Gasteiger partial charge in [-0.1, -0.05) is 42.0 Å². The van der Waals surface area contributed by atoms with Crippen LogP contribution in [0.2, 0.25) is 0 Å². The number of aromatic hydroxyl groups is 1. The van der Waals surface area contributed by atoms with E-state index in [9.17, 15) is 44.5 Å². The van der Waals surface area contributed by atoms with E-state index >= 15 is 0 Å². The second-order valence-electron chi connectivity index (χ2n) is 12.8. The number of allylic oxidation sites excluding steroid dienone is 2. The van der Waals surface area contributed by atoms with Crippen molar-refractivity contribution in [1.82, 2.24) is 0 Å². The molecule has 8 rings (SSSR count). The molecule has 4 amide bonds. The summed E-state index contributed by atoms with van der Waals surface area (Å²) in [5, 5.41) is 34.5. The van der Waals surface area contributed by atoms with E-state index in [0.29, 0.717) is 16.3 Å². The van der Waals surface area contributed by atoms with Crippen LogP contribution < -0.4 is 9.80 Å². The predicted molar refractivity (Wildman–Crippen MR) is 174 cm³/mol. The Labute approximate surface area is 277 Å². The topological polar surface area (TPSA) is 181 Å². The standard InChI is InChI=1S/C36H26N4O9/c41-29-16-15-24(22-3-1-2-4-23(22)29)30-25-13-14-26-31(35(44)37(33(26)42)18-5-9-20(10-6-18)39(46)47)27(25)17-28-32(30)36(45)38(34(28)43)19-7-11-21(12-8-19)40(48)49/h1-13,15-16,26-28,30-32,41H,14,17H2/t26-,27+,28+,30-,31-,32+/m0/s1. The van der Waals surface area contributed by atoms with E-state index in [1.54, 1.807) is 30.3 Å². The monoisotopic (exact) mass is 658 g/mol. The summed E-state index contributed by atoms with van der Waals surface area (Å²) >= 11 is 0. The third-order valence-electron chi connectivity index (χ3n) is 10.6. The van der Waals surface area contributed by atoms with Gasteiger partial charge in [-0.25, -0.2) is 0 Å². The first-order chi connectivity index (χ1) is 23.6. The maximum absolute atomic E-state index is 14.4. The average molecular weight is 659 g/mol. The average Bonchev–Trinajstić information content (AvgIpc) is 3.51. The van der Waals surface area contributed by atoms with Crippen LogP contribution in [-0.4, -0.2) is 38.6 Å². The fraction of sp³-hybridized carbons (Fsp3) is 0.222. The Morgan fingerprint density at radius 2 is 1.14 bits per heavy atom. The van der Waals surface area contributed by atoms with Gasteiger partial charge in [0.05, 0.1) is 44.9 Å². The second kappa shape index (κ2) is 10.9. The molecule has 13 nitrogen and oxygen atoms in total. The molecule has 3 fully saturated rings. The van der Waals surface area contributed by atoms with Crippen LogP contribution in [0.4, 0.5) is 22.7 Å². The number of carbonyl (C=O) groups is 4. The van der Waals surface area contributed by atoms with Crippen LogP contribution in [-0.2, 0) is 19.2 Å². The van der Waals surface area contributed by atoms with E-state index in [0.717, 1.165) is 15.4 Å². The molecular weight excluding hydrogens is 632 g/mol. The van der Waals surface area contributed by atoms with Crippen LogP contribution in [0.25, 0.3) is 10.8 Å². The van der Waals surface area contributed by atoms with Crippen molar-refractivity contribution in [3.8, 4) is 5.75 Å². The van der Waals surface area contributed by atoms with Gasteiger partial charge < -0.3 is 5.11 Å². The highest BCUT2D eigenvalue weighted by Gasteiger charge is 2.62. The summed E-state index contributed by atoms with van der Waals surface area (Å²) in [7, 11) is 0. The van der Waals surface area contributed by atoms with Crippen molar-refractivity contribution in [2.45, 2.75) is 18.8 Å². The van der Waals surface area contributed by atoms with E-state index in [1.807, 2.05) is 12.1 Å². The minimum absolute atomic E-state index is 0.0394. The number of nitrogens with zero attached hydrogens (tertiary/aromatic N) is 4. The molecule has 0 radical (unpaired) electrons. The molecule has 2 heterocycles. The zero-order valence-corrected chi connectivity index (χ0v) is 25.5. The molecule has 1 saturated carbocycles. The molecule has 244 valence electrons. The molecule has 1 N–H and O–H groups in total. The van der Waals surface area contributed by atoms with Crippen LogP contribution in [0.15, 0.2) is 96.6 Å². The van der Waals surface area contributed by atoms with Gasteiger partial charge in [-0.2, -0.15) is 0 Å². The van der Waals surface area contributed by atoms with Gasteiger partial charge >= 0.3 is 0 Å². The van der Waals surface area contributed by atoms with Crippen LogP contribution in [0, 0.1) is 49.8 Å². The molecule has 0 bridgehead atoms. The lowest BCUT2D eigenvalue weighted by molar-refractivity contribution is -0.385. The minimum Gasteiger partial charge on any atom is -0.507 e. The number of amides is 4. The molecule has 13 heteroatoms. The Kier molecular flexibility index (Phi) is 6.70. The summed E-state index contributed by atoms with van der Waals surface area (Å²) in [6.07, 6.45) is 2.24. The molecule has 4 aromatic carbocycles. The number of nitro groups is 2. The maximum atomic E-state index is 14.4. The van der Waals surface area contributed by atoms with Crippen molar-refractivity contribution >= 4 is 57.2 Å². The van der Waals surface area contributed by atoms with Crippen LogP contribution in [0.3, 0.4) is 0 Å². The van der Waals surface area contributed by atoms with E-state index in [1.165, 1.54) is 48.5 Å². The van der Waals surface area contributed by atoms with Crippen LogP contribution in [0.1, 0.15) is 24.3 Å². The summed E-state index contributed by atoms with van der Waals surface area (Å²) < 4.78 is 0. The van der Waals surface area contributed by atoms with Crippen molar-refractivity contribution in [3.63, 3.8) is 0 Å². The molecule has 49 heavy (non-hydrogen) atoms. The van der Waals surface area contributed by atoms with E-state index in [4.69, 9.17) is 0 Å². The Balaban J connectivity index is 1.25. The van der Waals surface area contributed by atoms with E-state index in [-0.39, 0.29) is 41.3 Å².